The van der Waals surface area contributed by atoms with Crippen LogP contribution in [-0.4, -0.2) is 45.9 Å². The molecule has 1 aliphatic rings. The van der Waals surface area contributed by atoms with E-state index in [0.717, 1.165) is 28.5 Å². The summed E-state index contributed by atoms with van der Waals surface area (Å²) in [5.41, 5.74) is 3.17. The number of hydrogen-bond donors (Lipinski definition) is 0. The van der Waals surface area contributed by atoms with E-state index in [2.05, 4.69) is 43.6 Å². The lowest BCUT2D eigenvalue weighted by Crippen LogP contribution is -2.24. The van der Waals surface area contributed by atoms with Crippen molar-refractivity contribution in [2.24, 2.45) is 7.05 Å². The highest BCUT2D eigenvalue weighted by atomic mass is 16.5. The monoisotopic (exact) mass is 432 g/mol. The molecular formula is C21H20N8O3. The number of fused-ring (bicyclic) bond motifs is 2. The molecule has 11 nitrogen and oxygen atoms in total. The summed E-state index contributed by atoms with van der Waals surface area (Å²) < 4.78 is 16.1. The summed E-state index contributed by atoms with van der Waals surface area (Å²) in [7, 11) is 1.93. The minimum absolute atomic E-state index is 0.0223. The molecule has 1 saturated heterocycles. The summed E-state index contributed by atoms with van der Waals surface area (Å²) in [5.74, 6) is 0.964. The van der Waals surface area contributed by atoms with E-state index in [9.17, 15) is 4.79 Å². The van der Waals surface area contributed by atoms with Crippen molar-refractivity contribution >= 4 is 16.4 Å². The normalized spacial score (nSPS) is 18.8. The van der Waals surface area contributed by atoms with E-state index < -0.39 is 0 Å². The van der Waals surface area contributed by atoms with Gasteiger partial charge in [-0.1, -0.05) is 17.3 Å². The molecule has 1 aromatic carbocycles. The van der Waals surface area contributed by atoms with Crippen LogP contribution in [0.4, 0.5) is 0 Å². The molecule has 5 aromatic rings. The quantitative estimate of drug-likeness (QED) is 0.422. The van der Waals surface area contributed by atoms with E-state index in [-0.39, 0.29) is 24.1 Å². The van der Waals surface area contributed by atoms with Crippen LogP contribution in [0.2, 0.25) is 0 Å². The van der Waals surface area contributed by atoms with Crippen LogP contribution in [0.25, 0.3) is 16.4 Å². The van der Waals surface area contributed by atoms with Gasteiger partial charge in [0.1, 0.15) is 12.9 Å². The highest BCUT2D eigenvalue weighted by molar-refractivity contribution is 5.79. The molecule has 0 bridgehead atoms. The molecule has 0 amide bonds. The highest BCUT2D eigenvalue weighted by Gasteiger charge is 2.31. The minimum atomic E-state index is -0.204. The molecule has 0 aliphatic carbocycles. The molecule has 2 atom stereocenters. The number of nitrogens with zero attached hydrogens (tertiary/aromatic N) is 8. The van der Waals surface area contributed by atoms with E-state index in [0.29, 0.717) is 23.8 Å². The zero-order chi connectivity index (χ0) is 21.8. The Morgan fingerprint density at radius 3 is 3.00 bits per heavy atom. The zero-order valence-corrected chi connectivity index (χ0v) is 17.5. The van der Waals surface area contributed by atoms with Crippen molar-refractivity contribution in [3.05, 3.63) is 70.1 Å². The Hall–Kier alpha value is -3.86. The number of rotatable bonds is 4. The number of aryl methyl sites for hydroxylation is 2. The molecule has 1 aliphatic heterocycles. The van der Waals surface area contributed by atoms with Gasteiger partial charge in [0.25, 0.3) is 5.56 Å². The fourth-order valence-corrected chi connectivity index (χ4v) is 4.22. The minimum Gasteiger partial charge on any atom is -0.373 e. The van der Waals surface area contributed by atoms with Crippen molar-refractivity contribution in [1.82, 2.24) is 39.3 Å². The standard InChI is InChI=1S/C21H20N8O3/c1-12-7-23-29-19(12)21(30)28(11-24-29)9-18-25-20(26-32-18)15-6-17(31-10-15)13-3-4-14-8-22-27(2)16(14)5-13/h3-5,7-8,11,15,17H,6,9-10H2,1-2H3/t15-,17+/m0/s1. The maximum atomic E-state index is 12.7. The van der Waals surface area contributed by atoms with Crippen molar-refractivity contribution in [3.63, 3.8) is 0 Å². The van der Waals surface area contributed by atoms with Crippen LogP contribution in [-0.2, 0) is 18.3 Å². The fourth-order valence-electron chi connectivity index (χ4n) is 4.22. The first-order valence-electron chi connectivity index (χ1n) is 10.3. The largest absolute Gasteiger partial charge is 0.373 e. The first kappa shape index (κ1) is 18.9. The average Bonchev–Trinajstić information content (AvgIpc) is 3.58. The van der Waals surface area contributed by atoms with Crippen LogP contribution in [0.1, 0.15) is 41.3 Å². The summed E-state index contributed by atoms with van der Waals surface area (Å²) in [6.45, 7) is 2.48. The third-order valence-electron chi connectivity index (χ3n) is 5.99. The molecule has 32 heavy (non-hydrogen) atoms. The summed E-state index contributed by atoms with van der Waals surface area (Å²) in [5, 5.41) is 17.8. The van der Waals surface area contributed by atoms with Crippen LogP contribution in [0.3, 0.4) is 0 Å². The predicted molar refractivity (Wildman–Crippen MR) is 112 cm³/mol. The molecule has 0 N–H and O–H groups in total. The Morgan fingerprint density at radius 2 is 2.09 bits per heavy atom. The van der Waals surface area contributed by atoms with Crippen LogP contribution >= 0.6 is 0 Å². The Balaban J connectivity index is 1.20. The van der Waals surface area contributed by atoms with Gasteiger partial charge < -0.3 is 9.26 Å². The molecule has 1 fully saturated rings. The van der Waals surface area contributed by atoms with Crippen molar-refractivity contribution in [2.45, 2.75) is 31.9 Å². The molecule has 0 saturated carbocycles. The fraction of sp³-hybridized carbons (Fsp3) is 0.333. The molecule has 5 heterocycles. The molecular weight excluding hydrogens is 412 g/mol. The lowest BCUT2D eigenvalue weighted by atomic mass is 9.99. The van der Waals surface area contributed by atoms with Gasteiger partial charge in [0, 0.05) is 23.9 Å². The van der Waals surface area contributed by atoms with E-state index in [4.69, 9.17) is 9.26 Å². The average molecular weight is 432 g/mol. The van der Waals surface area contributed by atoms with Gasteiger partial charge in [-0.2, -0.15) is 15.2 Å². The van der Waals surface area contributed by atoms with Crippen molar-refractivity contribution in [1.29, 1.82) is 0 Å². The highest BCUT2D eigenvalue weighted by Crippen LogP contribution is 2.37. The Bertz CT molecular complexity index is 1510. The third-order valence-corrected chi connectivity index (χ3v) is 5.99. The molecule has 0 unspecified atom stereocenters. The van der Waals surface area contributed by atoms with Gasteiger partial charge in [0.05, 0.1) is 30.6 Å². The van der Waals surface area contributed by atoms with Crippen LogP contribution in [0, 0.1) is 6.92 Å². The molecule has 0 radical (unpaired) electrons. The van der Waals surface area contributed by atoms with Gasteiger partial charge >= 0.3 is 0 Å². The topological polar surface area (TPSA) is 118 Å². The smallest absolute Gasteiger partial charge is 0.280 e. The molecule has 11 heteroatoms. The lowest BCUT2D eigenvalue weighted by Gasteiger charge is -2.10. The second-order valence-electron chi connectivity index (χ2n) is 8.12. The molecule has 6 rings (SSSR count). The van der Waals surface area contributed by atoms with Crippen LogP contribution < -0.4 is 5.56 Å². The number of hydrogen-bond acceptors (Lipinski definition) is 8. The second-order valence-corrected chi connectivity index (χ2v) is 8.12. The second kappa shape index (κ2) is 7.09. The van der Waals surface area contributed by atoms with Gasteiger partial charge in [0.2, 0.25) is 5.89 Å². The SMILES string of the molecule is Cc1cnn2ncn(Cc3nc([C@@H]4CO[C@@H](c5ccc6cnn(C)c6c5)C4)no3)c(=O)c12. The molecule has 162 valence electrons. The van der Waals surface area contributed by atoms with Crippen LogP contribution in [0.5, 0.6) is 0 Å². The maximum Gasteiger partial charge on any atom is 0.280 e. The Labute approximate surface area is 181 Å². The summed E-state index contributed by atoms with van der Waals surface area (Å²) >= 11 is 0. The molecule has 0 spiro atoms. The Kier molecular flexibility index (Phi) is 4.18. The van der Waals surface area contributed by atoms with E-state index in [1.807, 2.05) is 24.9 Å². The predicted octanol–water partition coefficient (Wildman–Crippen LogP) is 1.76. The van der Waals surface area contributed by atoms with Crippen molar-refractivity contribution < 1.29 is 9.26 Å². The van der Waals surface area contributed by atoms with Crippen molar-refractivity contribution in [3.8, 4) is 0 Å². The van der Waals surface area contributed by atoms with Crippen molar-refractivity contribution in [2.75, 3.05) is 6.61 Å². The van der Waals surface area contributed by atoms with Gasteiger partial charge in [-0.25, -0.2) is 0 Å². The molecule has 4 aromatic heterocycles. The first-order chi connectivity index (χ1) is 15.6. The van der Waals surface area contributed by atoms with E-state index in [1.54, 1.807) is 6.20 Å². The van der Waals surface area contributed by atoms with Gasteiger partial charge in [-0.3, -0.25) is 14.0 Å². The lowest BCUT2D eigenvalue weighted by molar-refractivity contribution is 0.110. The number of ether oxygens (including phenoxy) is 1. The van der Waals surface area contributed by atoms with Crippen LogP contribution in [0.15, 0.2) is 46.2 Å². The summed E-state index contributed by atoms with van der Waals surface area (Å²) in [6, 6.07) is 6.25. The Morgan fingerprint density at radius 1 is 1.19 bits per heavy atom. The number of benzene rings is 1. The van der Waals surface area contributed by atoms with Gasteiger partial charge in [-0.05, 0) is 25.0 Å². The summed E-state index contributed by atoms with van der Waals surface area (Å²) in [6.07, 6.45) is 5.60. The van der Waals surface area contributed by atoms with E-state index in [1.165, 1.54) is 15.5 Å². The third kappa shape index (κ3) is 3.01. The maximum absolute atomic E-state index is 12.7. The summed E-state index contributed by atoms with van der Waals surface area (Å²) in [4.78, 5) is 17.2. The number of aromatic nitrogens is 8. The van der Waals surface area contributed by atoms with E-state index >= 15 is 0 Å². The van der Waals surface area contributed by atoms with Gasteiger partial charge in [0.15, 0.2) is 11.3 Å². The first-order valence-corrected chi connectivity index (χ1v) is 10.3. The van der Waals surface area contributed by atoms with Gasteiger partial charge in [-0.15, -0.1) is 9.73 Å². The zero-order valence-electron chi connectivity index (χ0n) is 17.5.